The first-order valence-corrected chi connectivity index (χ1v) is 9.81. The van der Waals surface area contributed by atoms with E-state index < -0.39 is 0 Å². The van der Waals surface area contributed by atoms with E-state index in [9.17, 15) is 0 Å². The summed E-state index contributed by atoms with van der Waals surface area (Å²) in [5.41, 5.74) is 1.48. The molecule has 1 rings (SSSR count). The van der Waals surface area contributed by atoms with Crippen LogP contribution in [-0.4, -0.2) is 24.5 Å². The summed E-state index contributed by atoms with van der Waals surface area (Å²) in [7, 11) is 0. The Balaban J connectivity index is 2.07. The smallest absolute Gasteiger partial charge is 0.0130 e. The molecule has 0 spiro atoms. The quantitative estimate of drug-likeness (QED) is 0.311. The third-order valence-electron chi connectivity index (χ3n) is 4.13. The highest BCUT2D eigenvalue weighted by Gasteiger charge is 2.02. The highest BCUT2D eigenvalue weighted by atomic mass is 127. The van der Waals surface area contributed by atoms with Crippen molar-refractivity contribution in [2.75, 3.05) is 19.6 Å². The number of aryl methyl sites for hydroxylation is 1. The molecule has 0 unspecified atom stereocenters. The molecule has 2 heteroatoms. The molecule has 1 aromatic carbocycles. The van der Waals surface area contributed by atoms with Crippen LogP contribution in [0.15, 0.2) is 24.3 Å². The number of nitrogens with zero attached hydrogens (tertiary/aromatic N) is 1. The van der Waals surface area contributed by atoms with Crippen molar-refractivity contribution < 1.29 is 0 Å². The topological polar surface area (TPSA) is 3.24 Å². The number of halogens is 1. The van der Waals surface area contributed by atoms with Gasteiger partial charge in [-0.05, 0) is 85.6 Å². The van der Waals surface area contributed by atoms with Crippen LogP contribution in [-0.2, 0) is 6.42 Å². The molecule has 0 aliphatic carbocycles. The van der Waals surface area contributed by atoms with Crippen LogP contribution >= 0.6 is 22.6 Å². The summed E-state index contributed by atoms with van der Waals surface area (Å²) in [5.74, 6) is 0. The van der Waals surface area contributed by atoms with Gasteiger partial charge in [-0.15, -0.1) is 0 Å². The van der Waals surface area contributed by atoms with Gasteiger partial charge in [-0.1, -0.05) is 51.7 Å². The van der Waals surface area contributed by atoms with E-state index in [0.717, 1.165) is 0 Å². The lowest BCUT2D eigenvalue weighted by molar-refractivity contribution is 0.275. The number of hydrogen-bond donors (Lipinski definition) is 0. The standard InChI is InChI=1S/C19H32IN/c1-3-5-6-7-9-16-21(4-2)17-10-8-11-18-12-14-19(20)15-13-18/h12-15H,3-11,16-17H2,1-2H3. The molecule has 0 atom stereocenters. The van der Waals surface area contributed by atoms with E-state index in [4.69, 9.17) is 0 Å². The van der Waals surface area contributed by atoms with Gasteiger partial charge in [0.25, 0.3) is 0 Å². The lowest BCUT2D eigenvalue weighted by Gasteiger charge is -2.20. The van der Waals surface area contributed by atoms with Gasteiger partial charge in [0.1, 0.15) is 0 Å². The molecule has 0 aliphatic heterocycles. The maximum Gasteiger partial charge on any atom is 0.0130 e. The largest absolute Gasteiger partial charge is 0.304 e. The normalized spacial score (nSPS) is 11.2. The molecule has 0 heterocycles. The molecule has 1 nitrogen and oxygen atoms in total. The summed E-state index contributed by atoms with van der Waals surface area (Å²) in [5, 5.41) is 0. The van der Waals surface area contributed by atoms with Crippen LogP contribution in [0.1, 0.15) is 64.4 Å². The molecule has 0 amide bonds. The molecule has 0 saturated heterocycles. The van der Waals surface area contributed by atoms with Crippen molar-refractivity contribution in [1.29, 1.82) is 0 Å². The third-order valence-corrected chi connectivity index (χ3v) is 4.85. The Labute approximate surface area is 145 Å². The van der Waals surface area contributed by atoms with Crippen LogP contribution in [0.25, 0.3) is 0 Å². The molecule has 0 saturated carbocycles. The van der Waals surface area contributed by atoms with Gasteiger partial charge >= 0.3 is 0 Å². The first-order valence-electron chi connectivity index (χ1n) is 8.73. The van der Waals surface area contributed by atoms with Crippen LogP contribution < -0.4 is 0 Å². The van der Waals surface area contributed by atoms with Crippen molar-refractivity contribution in [2.24, 2.45) is 0 Å². The van der Waals surface area contributed by atoms with Gasteiger partial charge in [-0.2, -0.15) is 0 Å². The van der Waals surface area contributed by atoms with Crippen molar-refractivity contribution >= 4 is 22.6 Å². The van der Waals surface area contributed by atoms with Gasteiger partial charge in [-0.3, -0.25) is 0 Å². The minimum atomic E-state index is 1.21. The molecule has 0 bridgehead atoms. The lowest BCUT2D eigenvalue weighted by atomic mass is 10.1. The predicted molar refractivity (Wildman–Crippen MR) is 103 cm³/mol. The van der Waals surface area contributed by atoms with E-state index >= 15 is 0 Å². The average Bonchev–Trinajstić information content (AvgIpc) is 2.51. The van der Waals surface area contributed by atoms with E-state index in [1.54, 1.807) is 0 Å². The Kier molecular flexibility index (Phi) is 11.2. The molecule has 0 N–H and O–H groups in total. The van der Waals surface area contributed by atoms with Crippen molar-refractivity contribution in [2.45, 2.75) is 65.2 Å². The zero-order valence-corrected chi connectivity index (χ0v) is 16.1. The number of hydrogen-bond acceptors (Lipinski definition) is 1. The molecule has 21 heavy (non-hydrogen) atoms. The third kappa shape index (κ3) is 9.51. The van der Waals surface area contributed by atoms with Gasteiger partial charge in [-0.25, -0.2) is 0 Å². The molecule has 1 aromatic rings. The zero-order chi connectivity index (χ0) is 15.3. The van der Waals surface area contributed by atoms with E-state index in [2.05, 4.69) is 65.6 Å². The summed E-state index contributed by atoms with van der Waals surface area (Å²) in [6, 6.07) is 8.97. The van der Waals surface area contributed by atoms with Gasteiger partial charge in [0, 0.05) is 3.57 Å². The lowest BCUT2D eigenvalue weighted by Crippen LogP contribution is -2.25. The van der Waals surface area contributed by atoms with Crippen LogP contribution in [0, 0.1) is 3.57 Å². The summed E-state index contributed by atoms with van der Waals surface area (Å²) < 4.78 is 1.33. The second-order valence-corrected chi connectivity index (χ2v) is 7.18. The monoisotopic (exact) mass is 401 g/mol. The van der Waals surface area contributed by atoms with Crippen molar-refractivity contribution in [3.05, 3.63) is 33.4 Å². The summed E-state index contributed by atoms with van der Waals surface area (Å²) in [6.07, 6.45) is 10.8. The van der Waals surface area contributed by atoms with E-state index in [1.807, 2.05) is 0 Å². The van der Waals surface area contributed by atoms with Gasteiger partial charge in [0.05, 0.1) is 0 Å². The van der Waals surface area contributed by atoms with Crippen LogP contribution in [0.5, 0.6) is 0 Å². The van der Waals surface area contributed by atoms with E-state index in [1.165, 1.54) is 80.1 Å². The molecule has 0 aliphatic rings. The average molecular weight is 401 g/mol. The Morgan fingerprint density at radius 2 is 1.43 bits per heavy atom. The summed E-state index contributed by atoms with van der Waals surface area (Å²) in [4.78, 5) is 2.62. The SMILES string of the molecule is CCCCCCCN(CC)CCCCc1ccc(I)cc1. The number of unbranched alkanes of at least 4 members (excludes halogenated alkanes) is 5. The minimum Gasteiger partial charge on any atom is -0.304 e. The zero-order valence-electron chi connectivity index (χ0n) is 13.9. The first-order chi connectivity index (χ1) is 10.3. The molecule has 0 fully saturated rings. The van der Waals surface area contributed by atoms with Gasteiger partial charge in [0.15, 0.2) is 0 Å². The fourth-order valence-electron chi connectivity index (χ4n) is 2.68. The Morgan fingerprint density at radius 1 is 0.810 bits per heavy atom. The number of rotatable bonds is 12. The van der Waals surface area contributed by atoms with Crippen LogP contribution in [0.3, 0.4) is 0 Å². The maximum absolute atomic E-state index is 2.62. The fraction of sp³-hybridized carbons (Fsp3) is 0.684. The molecule has 0 radical (unpaired) electrons. The number of benzene rings is 1. The molecular formula is C19H32IN. The second kappa shape index (κ2) is 12.5. The fourth-order valence-corrected chi connectivity index (χ4v) is 3.04. The summed E-state index contributed by atoms with van der Waals surface area (Å²) in [6.45, 7) is 8.35. The van der Waals surface area contributed by atoms with E-state index in [-0.39, 0.29) is 0 Å². The van der Waals surface area contributed by atoms with Crippen LogP contribution in [0.2, 0.25) is 0 Å². The van der Waals surface area contributed by atoms with Crippen molar-refractivity contribution in [3.8, 4) is 0 Å². The van der Waals surface area contributed by atoms with Gasteiger partial charge in [0.2, 0.25) is 0 Å². The highest BCUT2D eigenvalue weighted by molar-refractivity contribution is 14.1. The Bertz CT molecular complexity index is 347. The predicted octanol–water partition coefficient (Wildman–Crippen LogP) is 5.91. The molecular weight excluding hydrogens is 369 g/mol. The summed E-state index contributed by atoms with van der Waals surface area (Å²) >= 11 is 2.37. The minimum absolute atomic E-state index is 1.21. The Hall–Kier alpha value is -0.0900. The van der Waals surface area contributed by atoms with E-state index in [0.29, 0.717) is 0 Å². The van der Waals surface area contributed by atoms with Gasteiger partial charge < -0.3 is 4.90 Å². The molecule has 0 aromatic heterocycles. The van der Waals surface area contributed by atoms with Crippen LogP contribution in [0.4, 0.5) is 0 Å². The van der Waals surface area contributed by atoms with Crippen molar-refractivity contribution in [3.63, 3.8) is 0 Å². The highest BCUT2D eigenvalue weighted by Crippen LogP contribution is 2.10. The second-order valence-electron chi connectivity index (χ2n) is 5.93. The molecule has 120 valence electrons. The van der Waals surface area contributed by atoms with Crippen molar-refractivity contribution in [1.82, 2.24) is 4.90 Å². The Morgan fingerprint density at radius 3 is 2.05 bits per heavy atom. The maximum atomic E-state index is 2.62. The first kappa shape index (κ1) is 19.0.